The van der Waals surface area contributed by atoms with E-state index in [1.165, 1.54) is 10.8 Å². The number of hydrogen-bond donors (Lipinski definition) is 0. The van der Waals surface area contributed by atoms with Gasteiger partial charge in [-0.25, -0.2) is 19.0 Å². The fraction of sp³-hybridized carbons (Fsp3) is 0.240. The molecule has 0 aliphatic carbocycles. The van der Waals surface area contributed by atoms with Crippen molar-refractivity contribution < 1.29 is 14.5 Å². The second-order valence-electron chi connectivity index (χ2n) is 7.97. The first-order valence-electron chi connectivity index (χ1n) is 11.1. The highest BCUT2D eigenvalue weighted by atomic mass is 127. The first kappa shape index (κ1) is 24.6. The number of hydrogen-bond acceptors (Lipinski definition) is 6. The monoisotopic (exact) mass is 585 g/mol. The van der Waals surface area contributed by atoms with Crippen molar-refractivity contribution in [3.63, 3.8) is 0 Å². The van der Waals surface area contributed by atoms with Crippen molar-refractivity contribution in [1.82, 2.24) is 19.3 Å². The van der Waals surface area contributed by atoms with E-state index < -0.39 is 10.9 Å². The van der Waals surface area contributed by atoms with Crippen LogP contribution in [-0.2, 0) is 17.7 Å². The maximum atomic E-state index is 13.0. The van der Waals surface area contributed by atoms with Gasteiger partial charge in [0.05, 0.1) is 24.5 Å². The number of rotatable bonds is 8. The van der Waals surface area contributed by atoms with Crippen molar-refractivity contribution >= 4 is 34.4 Å². The Hall–Kier alpha value is -3.54. The Balaban J connectivity index is 1.90. The molecule has 180 valence electrons. The fourth-order valence-corrected chi connectivity index (χ4v) is 4.29. The van der Waals surface area contributed by atoms with Crippen molar-refractivity contribution in [2.75, 3.05) is 6.61 Å². The smallest absolute Gasteiger partial charge is 0.359 e. The summed E-state index contributed by atoms with van der Waals surface area (Å²) in [4.78, 5) is 28.1. The highest BCUT2D eigenvalue weighted by Crippen LogP contribution is 2.32. The molecule has 0 spiro atoms. The number of imidazole rings is 1. The van der Waals surface area contributed by atoms with Crippen LogP contribution < -0.4 is 0 Å². The predicted molar refractivity (Wildman–Crippen MR) is 140 cm³/mol. The molecule has 0 saturated carbocycles. The molecule has 9 nitrogen and oxygen atoms in total. The molecule has 0 amide bonds. The summed E-state index contributed by atoms with van der Waals surface area (Å²) < 4.78 is 9.69. The molecular weight excluding hydrogens is 561 g/mol. The lowest BCUT2D eigenvalue weighted by Crippen LogP contribution is -2.12. The third kappa shape index (κ3) is 5.11. The summed E-state index contributed by atoms with van der Waals surface area (Å²) in [6, 6.07) is 15.8. The Morgan fingerprint density at radius 2 is 1.80 bits per heavy atom. The molecule has 0 aliphatic rings. The molecule has 0 saturated heterocycles. The Kier molecular flexibility index (Phi) is 7.29. The summed E-state index contributed by atoms with van der Waals surface area (Å²) in [5, 5.41) is 16.2. The minimum Gasteiger partial charge on any atom is -0.461 e. The molecule has 0 fully saturated rings. The maximum Gasteiger partial charge on any atom is 0.359 e. The molecule has 35 heavy (non-hydrogen) atoms. The van der Waals surface area contributed by atoms with Crippen LogP contribution in [0.1, 0.15) is 34.4 Å². The van der Waals surface area contributed by atoms with E-state index in [0.717, 1.165) is 26.1 Å². The van der Waals surface area contributed by atoms with Crippen molar-refractivity contribution in [2.45, 2.75) is 33.7 Å². The Bertz CT molecular complexity index is 1370. The average molecular weight is 585 g/mol. The van der Waals surface area contributed by atoms with Crippen LogP contribution in [0.2, 0.25) is 0 Å². The van der Waals surface area contributed by atoms with Gasteiger partial charge in [0.2, 0.25) is 0 Å². The van der Waals surface area contributed by atoms with Crippen LogP contribution >= 0.6 is 22.6 Å². The van der Waals surface area contributed by atoms with E-state index in [-0.39, 0.29) is 24.7 Å². The van der Waals surface area contributed by atoms with Gasteiger partial charge in [-0.1, -0.05) is 29.8 Å². The van der Waals surface area contributed by atoms with Crippen LogP contribution in [0, 0.1) is 27.5 Å². The van der Waals surface area contributed by atoms with Gasteiger partial charge in [-0.15, -0.1) is 0 Å². The highest BCUT2D eigenvalue weighted by Gasteiger charge is 2.27. The number of nitrogens with zero attached hydrogens (tertiary/aromatic N) is 5. The molecule has 0 N–H and O–H groups in total. The van der Waals surface area contributed by atoms with Crippen LogP contribution in [0.25, 0.3) is 16.9 Å². The lowest BCUT2D eigenvalue weighted by molar-refractivity contribution is -0.392. The second kappa shape index (κ2) is 10.4. The van der Waals surface area contributed by atoms with Gasteiger partial charge in [-0.2, -0.15) is 5.10 Å². The van der Waals surface area contributed by atoms with Gasteiger partial charge in [0.25, 0.3) is 0 Å². The summed E-state index contributed by atoms with van der Waals surface area (Å²) in [5.41, 5.74) is 4.37. The number of aromatic nitrogens is 4. The van der Waals surface area contributed by atoms with Crippen molar-refractivity contribution in [3.8, 4) is 16.9 Å². The Morgan fingerprint density at radius 1 is 1.11 bits per heavy atom. The quantitative estimate of drug-likeness (QED) is 0.121. The van der Waals surface area contributed by atoms with Crippen LogP contribution in [-0.4, -0.2) is 36.8 Å². The van der Waals surface area contributed by atoms with E-state index in [1.54, 1.807) is 18.5 Å². The molecule has 0 radical (unpaired) electrons. The minimum absolute atomic E-state index is 0.0954. The number of esters is 1. The maximum absolute atomic E-state index is 13.0. The normalized spacial score (nSPS) is 11.0. The number of carbonyl (C=O) groups excluding carboxylic acids is 1. The molecule has 0 bridgehead atoms. The number of ether oxygens (including phenoxy) is 1. The Labute approximate surface area is 216 Å². The van der Waals surface area contributed by atoms with E-state index in [2.05, 4.69) is 32.7 Å². The fourth-order valence-electron chi connectivity index (χ4n) is 3.93. The number of nitro groups is 1. The number of carbonyl (C=O) groups is 1. The summed E-state index contributed by atoms with van der Waals surface area (Å²) in [6.07, 6.45) is 1.57. The molecule has 10 heteroatoms. The molecule has 4 aromatic rings. The zero-order chi connectivity index (χ0) is 25.1. The minimum atomic E-state index is -0.531. The van der Waals surface area contributed by atoms with Crippen molar-refractivity contribution in [1.29, 1.82) is 0 Å². The van der Waals surface area contributed by atoms with Crippen molar-refractivity contribution in [3.05, 3.63) is 91.1 Å². The zero-order valence-electron chi connectivity index (χ0n) is 19.6. The SMILES string of the molecule is CCOC(=O)c1nn(-c2ccc(C)cc2)c(-c2ccc(I)cc2)c1CCn1c([N+](=O)[O-])cnc1C. The third-order valence-electron chi connectivity index (χ3n) is 5.65. The van der Waals surface area contributed by atoms with Gasteiger partial charge in [-0.05, 0) is 65.6 Å². The van der Waals surface area contributed by atoms with Crippen molar-refractivity contribution in [2.24, 2.45) is 0 Å². The molecule has 2 aromatic carbocycles. The van der Waals surface area contributed by atoms with Gasteiger partial charge >= 0.3 is 11.8 Å². The van der Waals surface area contributed by atoms with E-state index in [0.29, 0.717) is 17.8 Å². The molecular formula is C25H24IN5O4. The number of aryl methyl sites for hydroxylation is 2. The summed E-state index contributed by atoms with van der Waals surface area (Å²) in [6.45, 7) is 5.93. The van der Waals surface area contributed by atoms with Crippen LogP contribution in [0.5, 0.6) is 0 Å². The largest absolute Gasteiger partial charge is 0.461 e. The molecule has 0 aliphatic heterocycles. The zero-order valence-corrected chi connectivity index (χ0v) is 21.7. The standard InChI is InChI=1S/C25H24IN5O4/c1-4-35-25(32)23-21(13-14-29-17(3)27-15-22(29)31(33)34)24(18-7-9-19(26)10-8-18)30(28-23)20-11-5-16(2)6-12-20/h5-12,15H,4,13-14H2,1-3H3. The predicted octanol–water partition coefficient (Wildman–Crippen LogP) is 5.28. The molecule has 0 atom stereocenters. The van der Waals surface area contributed by atoms with Crippen LogP contribution in [0.4, 0.5) is 5.82 Å². The van der Waals surface area contributed by atoms with Gasteiger partial charge in [-0.3, -0.25) is 0 Å². The van der Waals surface area contributed by atoms with E-state index in [9.17, 15) is 14.9 Å². The van der Waals surface area contributed by atoms with E-state index >= 15 is 0 Å². The van der Waals surface area contributed by atoms with Gasteiger partial charge in [0, 0.05) is 28.0 Å². The van der Waals surface area contributed by atoms with Gasteiger partial charge in [0.1, 0.15) is 6.20 Å². The lowest BCUT2D eigenvalue weighted by atomic mass is 10.0. The molecule has 4 rings (SSSR count). The highest BCUT2D eigenvalue weighted by molar-refractivity contribution is 14.1. The number of benzene rings is 2. The summed E-state index contributed by atoms with van der Waals surface area (Å²) >= 11 is 2.24. The third-order valence-corrected chi connectivity index (χ3v) is 6.37. The van der Waals surface area contributed by atoms with E-state index in [4.69, 9.17) is 4.74 Å². The number of halogens is 1. The summed E-state index contributed by atoms with van der Waals surface area (Å²) in [5.74, 6) is -0.102. The van der Waals surface area contributed by atoms with Crippen LogP contribution in [0.15, 0.2) is 54.7 Å². The second-order valence-corrected chi connectivity index (χ2v) is 9.22. The summed E-state index contributed by atoms with van der Waals surface area (Å²) in [7, 11) is 0. The Morgan fingerprint density at radius 3 is 2.43 bits per heavy atom. The van der Waals surface area contributed by atoms with Gasteiger partial charge < -0.3 is 14.9 Å². The molecule has 0 unspecified atom stereocenters. The lowest BCUT2D eigenvalue weighted by Gasteiger charge is -2.11. The molecule has 2 heterocycles. The topological polar surface area (TPSA) is 105 Å². The van der Waals surface area contributed by atoms with Gasteiger partial charge in [0.15, 0.2) is 11.5 Å². The first-order chi connectivity index (χ1) is 16.8. The van der Waals surface area contributed by atoms with E-state index in [1.807, 2.05) is 55.5 Å². The molecule has 2 aromatic heterocycles. The average Bonchev–Trinajstić information content (AvgIpc) is 3.39. The first-order valence-corrected chi connectivity index (χ1v) is 12.2. The van der Waals surface area contributed by atoms with Crippen LogP contribution in [0.3, 0.4) is 0 Å².